The number of carboxylic acid groups (broad SMARTS) is 1. The molecule has 0 aromatic heterocycles. The normalized spacial score (nSPS) is 10.2. The van der Waals surface area contributed by atoms with Gasteiger partial charge in [0.15, 0.2) is 0 Å². The van der Waals surface area contributed by atoms with Crippen molar-refractivity contribution in [3.8, 4) is 0 Å². The third kappa shape index (κ3) is 5.98. The van der Waals surface area contributed by atoms with Crippen LogP contribution in [0.4, 0.5) is 5.69 Å². The van der Waals surface area contributed by atoms with E-state index in [2.05, 4.69) is 5.32 Å². The molecule has 0 saturated carbocycles. The highest BCUT2D eigenvalue weighted by Crippen LogP contribution is 2.15. The first-order chi connectivity index (χ1) is 9.13. The molecule has 0 bridgehead atoms. The number of ether oxygens (including phenoxy) is 2. The Kier molecular flexibility index (Phi) is 6.56. The molecule has 0 radical (unpaired) electrons. The summed E-state index contributed by atoms with van der Waals surface area (Å²) in [5.74, 6) is -1.50. The largest absolute Gasteiger partial charge is 0.480 e. The number of nitrogens with one attached hydrogen (secondary N) is 1. The molecule has 0 unspecified atom stereocenters. The summed E-state index contributed by atoms with van der Waals surface area (Å²) in [5.41, 5.74) is 1.50. The van der Waals surface area contributed by atoms with E-state index in [-0.39, 0.29) is 6.61 Å². The summed E-state index contributed by atoms with van der Waals surface area (Å²) in [5, 5.41) is 11.0. The van der Waals surface area contributed by atoms with Crippen molar-refractivity contribution in [2.45, 2.75) is 13.5 Å². The lowest BCUT2D eigenvalue weighted by molar-refractivity contribution is -0.143. The molecule has 104 valence electrons. The molecule has 19 heavy (non-hydrogen) atoms. The lowest BCUT2D eigenvalue weighted by atomic mass is 10.2. The molecule has 1 aromatic rings. The molecule has 0 atom stereocenters. The zero-order valence-electron chi connectivity index (χ0n) is 10.7. The Balaban J connectivity index is 2.51. The average Bonchev–Trinajstić information content (AvgIpc) is 2.37. The van der Waals surface area contributed by atoms with Gasteiger partial charge in [0.05, 0.1) is 6.61 Å². The minimum Gasteiger partial charge on any atom is -0.480 e. The van der Waals surface area contributed by atoms with Crippen molar-refractivity contribution < 1.29 is 24.2 Å². The van der Waals surface area contributed by atoms with Crippen LogP contribution in [0.5, 0.6) is 0 Å². The number of rotatable bonds is 8. The minimum atomic E-state index is -1.11. The number of anilines is 1. The summed E-state index contributed by atoms with van der Waals surface area (Å²) < 4.78 is 10.0. The Hall–Kier alpha value is -1.92. The molecule has 0 heterocycles. The van der Waals surface area contributed by atoms with Crippen LogP contribution >= 0.6 is 0 Å². The molecule has 1 amide bonds. The molecule has 0 aliphatic carbocycles. The zero-order valence-corrected chi connectivity index (χ0v) is 10.7. The maximum Gasteiger partial charge on any atom is 0.329 e. The van der Waals surface area contributed by atoms with E-state index in [1.807, 2.05) is 19.1 Å². The third-order valence-electron chi connectivity index (χ3n) is 2.21. The molecular formula is C13H17NO5. The fourth-order valence-corrected chi connectivity index (χ4v) is 1.40. The lowest BCUT2D eigenvalue weighted by Crippen LogP contribution is -2.21. The Bertz CT molecular complexity index is 433. The van der Waals surface area contributed by atoms with Crippen LogP contribution in [-0.4, -0.2) is 36.8 Å². The second-order valence-electron chi connectivity index (χ2n) is 3.73. The molecule has 0 spiro atoms. The van der Waals surface area contributed by atoms with Gasteiger partial charge in [-0.05, 0) is 13.0 Å². The number of hydrogen-bond donors (Lipinski definition) is 2. The highest BCUT2D eigenvalue weighted by molar-refractivity contribution is 5.92. The van der Waals surface area contributed by atoms with Gasteiger partial charge in [0.1, 0.15) is 13.2 Å². The lowest BCUT2D eigenvalue weighted by Gasteiger charge is -2.10. The summed E-state index contributed by atoms with van der Waals surface area (Å²) in [6.45, 7) is 2.09. The third-order valence-corrected chi connectivity index (χ3v) is 2.21. The van der Waals surface area contributed by atoms with E-state index in [0.717, 1.165) is 5.56 Å². The van der Waals surface area contributed by atoms with E-state index in [1.54, 1.807) is 12.1 Å². The van der Waals surface area contributed by atoms with Gasteiger partial charge in [-0.25, -0.2) is 4.79 Å². The van der Waals surface area contributed by atoms with Crippen molar-refractivity contribution in [1.82, 2.24) is 0 Å². The summed E-state index contributed by atoms with van der Waals surface area (Å²) in [7, 11) is 0. The molecule has 6 heteroatoms. The Labute approximate surface area is 111 Å². The molecule has 0 aliphatic heterocycles. The number of carbonyl (C=O) groups is 2. The van der Waals surface area contributed by atoms with Crippen molar-refractivity contribution >= 4 is 17.6 Å². The quantitative estimate of drug-likeness (QED) is 0.740. The van der Waals surface area contributed by atoms with Crippen molar-refractivity contribution in [3.63, 3.8) is 0 Å². The van der Waals surface area contributed by atoms with Crippen LogP contribution in [0.3, 0.4) is 0 Å². The second-order valence-corrected chi connectivity index (χ2v) is 3.73. The van der Waals surface area contributed by atoms with Gasteiger partial charge < -0.3 is 19.9 Å². The van der Waals surface area contributed by atoms with Gasteiger partial charge in [0, 0.05) is 17.9 Å². The fourth-order valence-electron chi connectivity index (χ4n) is 1.40. The number of amides is 1. The first kappa shape index (κ1) is 15.1. The van der Waals surface area contributed by atoms with Crippen molar-refractivity contribution in [1.29, 1.82) is 0 Å². The van der Waals surface area contributed by atoms with Crippen molar-refractivity contribution in [2.75, 3.05) is 25.1 Å². The first-order valence-corrected chi connectivity index (χ1v) is 5.88. The second kappa shape index (κ2) is 8.23. The predicted octanol–water partition coefficient (Wildman–Crippen LogP) is 1.26. The maximum atomic E-state index is 11.6. The Morgan fingerprint density at radius 3 is 2.63 bits per heavy atom. The SMILES string of the molecule is CCOCc1ccccc1NC(=O)COCC(=O)O. The van der Waals surface area contributed by atoms with Crippen LogP contribution in [0.25, 0.3) is 0 Å². The van der Waals surface area contributed by atoms with Gasteiger partial charge in [0.25, 0.3) is 0 Å². The Morgan fingerprint density at radius 1 is 1.21 bits per heavy atom. The smallest absolute Gasteiger partial charge is 0.329 e. The molecule has 0 aliphatic rings. The number of carbonyl (C=O) groups excluding carboxylic acids is 1. The summed E-state index contributed by atoms with van der Waals surface area (Å²) in [6, 6.07) is 7.25. The van der Waals surface area contributed by atoms with Gasteiger partial charge in [-0.15, -0.1) is 0 Å². The molecule has 0 fully saturated rings. The van der Waals surface area contributed by atoms with Crippen LogP contribution in [0.15, 0.2) is 24.3 Å². The van der Waals surface area contributed by atoms with Crippen LogP contribution in [-0.2, 0) is 25.7 Å². The number of carboxylic acids is 1. The van der Waals surface area contributed by atoms with Crippen LogP contribution in [0.1, 0.15) is 12.5 Å². The fraction of sp³-hybridized carbons (Fsp3) is 0.385. The van der Waals surface area contributed by atoms with Crippen molar-refractivity contribution in [2.24, 2.45) is 0 Å². The van der Waals surface area contributed by atoms with E-state index < -0.39 is 18.5 Å². The average molecular weight is 267 g/mol. The minimum absolute atomic E-state index is 0.296. The molecular weight excluding hydrogens is 250 g/mol. The van der Waals surface area contributed by atoms with Gasteiger partial charge in [0.2, 0.25) is 5.91 Å². The highest BCUT2D eigenvalue weighted by Gasteiger charge is 2.07. The molecule has 0 saturated heterocycles. The molecule has 1 rings (SSSR count). The number of hydrogen-bond acceptors (Lipinski definition) is 4. The van der Waals surface area contributed by atoms with Crippen LogP contribution < -0.4 is 5.32 Å². The number of para-hydroxylation sites is 1. The zero-order chi connectivity index (χ0) is 14.1. The van der Waals surface area contributed by atoms with E-state index in [9.17, 15) is 9.59 Å². The van der Waals surface area contributed by atoms with Crippen LogP contribution in [0.2, 0.25) is 0 Å². The standard InChI is InChI=1S/C13H17NO5/c1-2-18-7-10-5-3-4-6-11(10)14-12(15)8-19-9-13(16)17/h3-6H,2,7-9H2,1H3,(H,14,15)(H,16,17). The first-order valence-electron chi connectivity index (χ1n) is 5.88. The van der Waals surface area contributed by atoms with Gasteiger partial charge in [-0.3, -0.25) is 4.79 Å². The van der Waals surface area contributed by atoms with E-state index in [4.69, 9.17) is 14.6 Å². The van der Waals surface area contributed by atoms with E-state index in [0.29, 0.717) is 18.9 Å². The summed E-state index contributed by atoms with van der Waals surface area (Å²) in [6.07, 6.45) is 0. The van der Waals surface area contributed by atoms with E-state index in [1.165, 1.54) is 0 Å². The summed E-state index contributed by atoms with van der Waals surface area (Å²) >= 11 is 0. The summed E-state index contributed by atoms with van der Waals surface area (Å²) in [4.78, 5) is 21.8. The van der Waals surface area contributed by atoms with Gasteiger partial charge in [-0.1, -0.05) is 18.2 Å². The maximum absolute atomic E-state index is 11.6. The molecule has 2 N–H and O–H groups in total. The van der Waals surface area contributed by atoms with Crippen LogP contribution in [0, 0.1) is 0 Å². The van der Waals surface area contributed by atoms with Crippen molar-refractivity contribution in [3.05, 3.63) is 29.8 Å². The molecule has 1 aromatic carbocycles. The topological polar surface area (TPSA) is 84.9 Å². The Morgan fingerprint density at radius 2 is 1.95 bits per heavy atom. The van der Waals surface area contributed by atoms with Gasteiger partial charge >= 0.3 is 5.97 Å². The highest BCUT2D eigenvalue weighted by atomic mass is 16.5. The number of aliphatic carboxylic acids is 1. The molecule has 6 nitrogen and oxygen atoms in total. The monoisotopic (exact) mass is 267 g/mol. The number of benzene rings is 1. The predicted molar refractivity (Wildman–Crippen MR) is 68.9 cm³/mol. The van der Waals surface area contributed by atoms with Gasteiger partial charge in [-0.2, -0.15) is 0 Å². The van der Waals surface area contributed by atoms with E-state index >= 15 is 0 Å².